The molecule has 6 heteroatoms. The van der Waals surface area contributed by atoms with E-state index < -0.39 is 5.97 Å². The number of aryl methyl sites for hydroxylation is 1. The summed E-state index contributed by atoms with van der Waals surface area (Å²) >= 11 is 0. The molecule has 0 saturated carbocycles. The number of pyridine rings is 1. The van der Waals surface area contributed by atoms with Crippen molar-refractivity contribution >= 4 is 16.9 Å². The van der Waals surface area contributed by atoms with Crippen LogP contribution in [0.5, 0.6) is 5.75 Å². The summed E-state index contributed by atoms with van der Waals surface area (Å²) in [4.78, 5) is 15.4. The molecule has 26 heavy (non-hydrogen) atoms. The predicted octanol–water partition coefficient (Wildman–Crippen LogP) is 3.78. The lowest BCUT2D eigenvalue weighted by molar-refractivity contribution is 0.0664. The highest BCUT2D eigenvalue weighted by atomic mass is 16.5. The summed E-state index contributed by atoms with van der Waals surface area (Å²) in [6.45, 7) is 5.30. The first kappa shape index (κ1) is 17.9. The Kier molecular flexibility index (Phi) is 5.53. The van der Waals surface area contributed by atoms with Gasteiger partial charge in [-0.1, -0.05) is 12.1 Å². The fourth-order valence-corrected chi connectivity index (χ4v) is 2.88. The molecule has 6 nitrogen and oxygen atoms in total. The normalized spacial score (nSPS) is 12.2. The lowest BCUT2D eigenvalue weighted by Crippen LogP contribution is -2.22. The first-order valence-electron chi connectivity index (χ1n) is 8.58. The van der Waals surface area contributed by atoms with Crippen molar-refractivity contribution in [2.24, 2.45) is 0 Å². The second-order valence-corrected chi connectivity index (χ2v) is 6.25. The lowest BCUT2D eigenvalue weighted by atomic mass is 10.1. The molecule has 0 aliphatic carbocycles. The highest BCUT2D eigenvalue weighted by Gasteiger charge is 2.20. The van der Waals surface area contributed by atoms with Crippen molar-refractivity contribution in [1.82, 2.24) is 10.3 Å². The number of aromatic nitrogens is 1. The van der Waals surface area contributed by atoms with E-state index in [1.54, 1.807) is 25.3 Å². The number of rotatable bonds is 8. The van der Waals surface area contributed by atoms with Crippen LogP contribution in [0, 0.1) is 6.92 Å². The van der Waals surface area contributed by atoms with Gasteiger partial charge in [0.2, 0.25) is 5.76 Å². The van der Waals surface area contributed by atoms with E-state index in [4.69, 9.17) is 9.15 Å². The Labute approximate surface area is 151 Å². The van der Waals surface area contributed by atoms with Gasteiger partial charge in [0.05, 0.1) is 11.5 Å². The second kappa shape index (κ2) is 8.01. The molecule has 0 saturated heterocycles. The Hall–Kier alpha value is -2.86. The third-order valence-corrected chi connectivity index (χ3v) is 4.22. The van der Waals surface area contributed by atoms with Gasteiger partial charge < -0.3 is 19.6 Å². The quantitative estimate of drug-likeness (QED) is 0.599. The summed E-state index contributed by atoms with van der Waals surface area (Å²) in [6.07, 6.45) is 4.40. The molecule has 2 heterocycles. The van der Waals surface area contributed by atoms with Gasteiger partial charge in [0, 0.05) is 24.5 Å². The Bertz CT molecular complexity index is 889. The van der Waals surface area contributed by atoms with Crippen LogP contribution in [0.25, 0.3) is 11.0 Å². The average Bonchev–Trinajstić information content (AvgIpc) is 2.98. The number of nitrogens with zero attached hydrogens (tertiary/aromatic N) is 1. The van der Waals surface area contributed by atoms with Crippen LogP contribution in [-0.4, -0.2) is 28.7 Å². The summed E-state index contributed by atoms with van der Waals surface area (Å²) < 4.78 is 11.5. The van der Waals surface area contributed by atoms with Crippen molar-refractivity contribution in [1.29, 1.82) is 0 Å². The molecular weight excluding hydrogens is 332 g/mol. The highest BCUT2D eigenvalue weighted by molar-refractivity contribution is 5.97. The zero-order valence-electron chi connectivity index (χ0n) is 14.9. The van der Waals surface area contributed by atoms with E-state index in [0.29, 0.717) is 16.9 Å². The van der Waals surface area contributed by atoms with E-state index in [1.807, 2.05) is 31.3 Å². The number of carboxylic acid groups (broad SMARTS) is 1. The Morgan fingerprint density at radius 3 is 2.92 bits per heavy atom. The Morgan fingerprint density at radius 2 is 2.19 bits per heavy atom. The van der Waals surface area contributed by atoms with Crippen molar-refractivity contribution in [2.75, 3.05) is 6.54 Å². The van der Waals surface area contributed by atoms with Crippen LogP contribution in [0.2, 0.25) is 0 Å². The average molecular weight is 354 g/mol. The minimum Gasteiger partial charge on any atom is -0.490 e. The van der Waals surface area contributed by atoms with Gasteiger partial charge in [0.15, 0.2) is 0 Å². The lowest BCUT2D eigenvalue weighted by Gasteiger charge is -2.16. The number of fused-ring (bicyclic) bond motifs is 1. The van der Waals surface area contributed by atoms with Crippen molar-refractivity contribution in [3.8, 4) is 5.75 Å². The summed E-state index contributed by atoms with van der Waals surface area (Å²) in [6, 6.07) is 9.35. The molecule has 1 atom stereocenters. The summed E-state index contributed by atoms with van der Waals surface area (Å²) in [5.74, 6) is -0.463. The summed E-state index contributed by atoms with van der Waals surface area (Å²) in [5.41, 5.74) is 2.25. The molecule has 3 aromatic rings. The van der Waals surface area contributed by atoms with E-state index in [-0.39, 0.29) is 11.9 Å². The molecule has 3 rings (SSSR count). The first-order valence-corrected chi connectivity index (χ1v) is 8.58. The largest absolute Gasteiger partial charge is 0.490 e. The topological polar surface area (TPSA) is 84.6 Å². The fraction of sp³-hybridized carbons (Fsp3) is 0.300. The van der Waals surface area contributed by atoms with Gasteiger partial charge in [-0.15, -0.1) is 0 Å². The predicted molar refractivity (Wildman–Crippen MR) is 98.6 cm³/mol. The maximum absolute atomic E-state index is 11.3. The number of hydrogen-bond acceptors (Lipinski definition) is 5. The van der Waals surface area contributed by atoms with Gasteiger partial charge in [-0.2, -0.15) is 0 Å². The minimum absolute atomic E-state index is 0.0235. The van der Waals surface area contributed by atoms with Gasteiger partial charge >= 0.3 is 5.97 Å². The van der Waals surface area contributed by atoms with Crippen LogP contribution in [0.15, 0.2) is 47.1 Å². The third-order valence-electron chi connectivity index (χ3n) is 4.22. The number of hydrogen-bond donors (Lipinski definition) is 2. The number of benzene rings is 1. The Morgan fingerprint density at radius 1 is 1.35 bits per heavy atom. The summed E-state index contributed by atoms with van der Waals surface area (Å²) in [7, 11) is 0. The molecule has 0 amide bonds. The van der Waals surface area contributed by atoms with Crippen LogP contribution in [0.3, 0.4) is 0 Å². The molecule has 136 valence electrons. The summed E-state index contributed by atoms with van der Waals surface area (Å²) in [5, 5.41) is 13.3. The molecule has 0 fully saturated rings. The van der Waals surface area contributed by atoms with Crippen LogP contribution in [0.1, 0.15) is 35.0 Å². The highest BCUT2D eigenvalue weighted by Crippen LogP contribution is 2.33. The molecular formula is C20H22N2O4. The number of carbonyl (C=O) groups is 1. The molecule has 2 N–H and O–H groups in total. The van der Waals surface area contributed by atoms with E-state index in [1.165, 1.54) is 0 Å². The third kappa shape index (κ3) is 4.03. The fourth-order valence-electron chi connectivity index (χ4n) is 2.88. The maximum Gasteiger partial charge on any atom is 0.372 e. The molecule has 1 aromatic carbocycles. The van der Waals surface area contributed by atoms with Gasteiger partial charge in [-0.3, -0.25) is 4.98 Å². The smallest absolute Gasteiger partial charge is 0.372 e. The van der Waals surface area contributed by atoms with Gasteiger partial charge in [-0.05, 0) is 50.6 Å². The van der Waals surface area contributed by atoms with Crippen molar-refractivity contribution in [3.63, 3.8) is 0 Å². The monoisotopic (exact) mass is 354 g/mol. The second-order valence-electron chi connectivity index (χ2n) is 6.25. The van der Waals surface area contributed by atoms with Crippen molar-refractivity contribution in [3.05, 3.63) is 59.6 Å². The number of ether oxygens (including phenoxy) is 1. The van der Waals surface area contributed by atoms with Crippen LogP contribution < -0.4 is 10.1 Å². The van der Waals surface area contributed by atoms with Crippen molar-refractivity contribution < 1.29 is 19.1 Å². The van der Waals surface area contributed by atoms with Crippen LogP contribution in [0.4, 0.5) is 0 Å². The molecule has 0 spiro atoms. The number of furan rings is 1. The molecule has 0 bridgehead atoms. The van der Waals surface area contributed by atoms with Gasteiger partial charge in [0.25, 0.3) is 0 Å². The van der Waals surface area contributed by atoms with E-state index >= 15 is 0 Å². The minimum atomic E-state index is -1.07. The zero-order valence-corrected chi connectivity index (χ0v) is 14.9. The van der Waals surface area contributed by atoms with Crippen LogP contribution in [-0.2, 0) is 6.54 Å². The van der Waals surface area contributed by atoms with Gasteiger partial charge in [-0.25, -0.2) is 4.79 Å². The standard InChI is InChI=1S/C20H22N2O4/c1-13(8-10-22-12-15-5-4-9-21-11-15)25-16-6-3-7-17-18(16)14(2)19(26-17)20(23)24/h3-7,9,11,13,22H,8,10,12H2,1-2H3,(H,23,24). The SMILES string of the molecule is Cc1c(C(=O)O)oc2cccc(OC(C)CCNCc3cccnc3)c12. The van der Waals surface area contributed by atoms with Crippen molar-refractivity contribution in [2.45, 2.75) is 32.9 Å². The molecule has 2 aromatic heterocycles. The Balaban J connectivity index is 1.60. The molecule has 1 unspecified atom stereocenters. The van der Waals surface area contributed by atoms with Crippen LogP contribution >= 0.6 is 0 Å². The van der Waals surface area contributed by atoms with E-state index in [2.05, 4.69) is 10.3 Å². The number of aromatic carboxylic acids is 1. The molecule has 0 aliphatic heterocycles. The number of nitrogens with one attached hydrogen (secondary N) is 1. The maximum atomic E-state index is 11.3. The van der Waals surface area contributed by atoms with E-state index in [9.17, 15) is 9.90 Å². The molecule has 0 aliphatic rings. The molecule has 0 radical (unpaired) electrons. The number of carboxylic acids is 1. The van der Waals surface area contributed by atoms with Gasteiger partial charge in [0.1, 0.15) is 11.3 Å². The van der Waals surface area contributed by atoms with E-state index in [0.717, 1.165) is 30.5 Å². The zero-order chi connectivity index (χ0) is 18.5. The first-order chi connectivity index (χ1) is 12.6.